The summed E-state index contributed by atoms with van der Waals surface area (Å²) in [6.07, 6.45) is 28.5. The summed E-state index contributed by atoms with van der Waals surface area (Å²) in [5, 5.41) is 0. The number of carbonyl (C=O) groups is 2. The molecule has 0 bridgehead atoms. The molecule has 0 radical (unpaired) electrons. The molecule has 0 heterocycles. The number of para-hydroxylation sites is 1. The number of hydrogen-bond donors (Lipinski definition) is 0. The van der Waals surface area contributed by atoms with Crippen LogP contribution in [0.2, 0.25) is 0 Å². The Kier molecular flexibility index (Phi) is 15.1. The molecule has 0 aliphatic rings. The molecule has 0 saturated carbocycles. The van der Waals surface area contributed by atoms with Gasteiger partial charge in [0, 0.05) is 6.42 Å². The van der Waals surface area contributed by atoms with Gasteiger partial charge in [0.25, 0.3) is 0 Å². The number of ether oxygens (including phenoxy) is 1. The minimum atomic E-state index is -0.305. The van der Waals surface area contributed by atoms with Crippen molar-refractivity contribution < 1.29 is 14.3 Å². The van der Waals surface area contributed by atoms with Crippen LogP contribution in [0.3, 0.4) is 0 Å². The second-order valence-corrected chi connectivity index (χ2v) is 7.13. The molecule has 0 amide bonds. The predicted molar refractivity (Wildman–Crippen MR) is 130 cm³/mol. The van der Waals surface area contributed by atoms with Crippen LogP contribution < -0.4 is 4.74 Å². The van der Waals surface area contributed by atoms with Gasteiger partial charge in [-0.2, -0.15) is 0 Å². The van der Waals surface area contributed by atoms with Crippen molar-refractivity contribution in [2.45, 2.75) is 65.2 Å². The summed E-state index contributed by atoms with van der Waals surface area (Å²) in [4.78, 5) is 23.5. The summed E-state index contributed by atoms with van der Waals surface area (Å²) in [5.74, 6) is -0.0712. The van der Waals surface area contributed by atoms with Gasteiger partial charge in [-0.3, -0.25) is 9.59 Å². The highest BCUT2D eigenvalue weighted by Gasteiger charge is 2.11. The molecule has 0 aliphatic heterocycles. The number of unbranched alkanes of at least 4 members (excludes halogenated alkanes) is 1. The molecule has 0 aromatic heterocycles. The Morgan fingerprint density at radius 2 is 1.29 bits per heavy atom. The minimum Gasteiger partial charge on any atom is -0.426 e. The van der Waals surface area contributed by atoms with Gasteiger partial charge in [-0.1, -0.05) is 79.8 Å². The van der Waals surface area contributed by atoms with E-state index in [4.69, 9.17) is 4.74 Å². The lowest BCUT2D eigenvalue weighted by molar-refractivity contribution is -0.134. The van der Waals surface area contributed by atoms with E-state index in [1.54, 1.807) is 24.3 Å². The molecule has 166 valence electrons. The number of benzene rings is 1. The summed E-state index contributed by atoms with van der Waals surface area (Å²) in [6.45, 7) is 3.61. The van der Waals surface area contributed by atoms with Crippen LogP contribution in [0.1, 0.15) is 75.6 Å². The fraction of sp³-hybridized carbons (Fsp3) is 0.357. The highest BCUT2D eigenvalue weighted by atomic mass is 16.5. The third-order valence-corrected chi connectivity index (χ3v) is 4.40. The molecule has 31 heavy (non-hydrogen) atoms. The van der Waals surface area contributed by atoms with Crippen molar-refractivity contribution in [1.29, 1.82) is 0 Å². The molecule has 1 aromatic rings. The molecule has 1 aromatic carbocycles. The van der Waals surface area contributed by atoms with Gasteiger partial charge in [-0.05, 0) is 64.0 Å². The smallest absolute Gasteiger partial charge is 0.311 e. The normalized spacial score (nSPS) is 12.2. The first-order valence-electron chi connectivity index (χ1n) is 11.2. The highest BCUT2D eigenvalue weighted by Crippen LogP contribution is 2.19. The van der Waals surface area contributed by atoms with E-state index < -0.39 is 0 Å². The molecule has 0 N–H and O–H groups in total. The van der Waals surface area contributed by atoms with Crippen LogP contribution in [0.25, 0.3) is 0 Å². The van der Waals surface area contributed by atoms with Crippen molar-refractivity contribution in [3.05, 3.63) is 90.6 Å². The van der Waals surface area contributed by atoms with E-state index in [1.807, 2.05) is 0 Å². The molecular weight excluding hydrogens is 384 g/mol. The van der Waals surface area contributed by atoms with Crippen LogP contribution in [-0.2, 0) is 4.79 Å². The fourth-order valence-electron chi connectivity index (χ4n) is 2.75. The number of allylic oxidation sites excluding steroid dienone is 10. The topological polar surface area (TPSA) is 43.4 Å². The van der Waals surface area contributed by atoms with Gasteiger partial charge in [0.05, 0.1) is 5.56 Å². The maximum atomic E-state index is 12.0. The van der Waals surface area contributed by atoms with Gasteiger partial charge < -0.3 is 4.74 Å². The Hall–Kier alpha value is -2.94. The van der Waals surface area contributed by atoms with E-state index in [1.165, 1.54) is 6.92 Å². The first kappa shape index (κ1) is 26.1. The zero-order valence-electron chi connectivity index (χ0n) is 19.0. The first-order chi connectivity index (χ1) is 15.1. The van der Waals surface area contributed by atoms with Crippen molar-refractivity contribution in [1.82, 2.24) is 0 Å². The van der Waals surface area contributed by atoms with Crippen LogP contribution in [0.4, 0.5) is 0 Å². The zero-order chi connectivity index (χ0) is 22.6. The van der Waals surface area contributed by atoms with Crippen LogP contribution in [-0.4, -0.2) is 11.8 Å². The fourth-order valence-corrected chi connectivity index (χ4v) is 2.75. The summed E-state index contributed by atoms with van der Waals surface area (Å²) in [7, 11) is 0. The average Bonchev–Trinajstić information content (AvgIpc) is 2.76. The molecule has 0 atom stereocenters. The van der Waals surface area contributed by atoms with Gasteiger partial charge in [0.15, 0.2) is 5.78 Å². The lowest BCUT2D eigenvalue weighted by Crippen LogP contribution is -2.10. The lowest BCUT2D eigenvalue weighted by atomic mass is 10.1. The zero-order valence-corrected chi connectivity index (χ0v) is 19.0. The molecule has 0 spiro atoms. The van der Waals surface area contributed by atoms with E-state index in [0.29, 0.717) is 17.7 Å². The largest absolute Gasteiger partial charge is 0.426 e. The van der Waals surface area contributed by atoms with Crippen molar-refractivity contribution in [2.24, 2.45) is 0 Å². The Balaban J connectivity index is 2.10. The van der Waals surface area contributed by atoms with Crippen LogP contribution in [0, 0.1) is 0 Å². The Bertz CT molecular complexity index is 794. The van der Waals surface area contributed by atoms with Crippen LogP contribution in [0.5, 0.6) is 5.75 Å². The first-order valence-corrected chi connectivity index (χ1v) is 11.2. The van der Waals surface area contributed by atoms with E-state index in [-0.39, 0.29) is 11.8 Å². The van der Waals surface area contributed by atoms with Crippen molar-refractivity contribution in [3.63, 3.8) is 0 Å². The van der Waals surface area contributed by atoms with E-state index in [2.05, 4.69) is 67.7 Å². The standard InChI is InChI=1S/C28H36O3/c1-3-4-5-6-7-8-9-10-11-12-13-14-15-16-17-18-19-24-28(30)31-27-23-21-20-22-26(27)25(2)29/h4-5,7-8,10-11,13-14,16-17,20-23H,3,6,9,12,15,18-19,24H2,1-2H3/b5-4-,8-7-,11-10-,14-13-,17-16-. The molecular formula is C28H36O3. The van der Waals surface area contributed by atoms with E-state index in [0.717, 1.165) is 44.9 Å². The van der Waals surface area contributed by atoms with Gasteiger partial charge in [0.1, 0.15) is 5.75 Å². The molecule has 1 rings (SSSR count). The summed E-state index contributed by atoms with van der Waals surface area (Å²) in [5.41, 5.74) is 0.439. The minimum absolute atomic E-state index is 0.109. The van der Waals surface area contributed by atoms with Gasteiger partial charge in [0.2, 0.25) is 0 Å². The molecule has 3 heteroatoms. The van der Waals surface area contributed by atoms with Crippen LogP contribution >= 0.6 is 0 Å². The maximum Gasteiger partial charge on any atom is 0.311 e. The third kappa shape index (κ3) is 13.8. The quantitative estimate of drug-likeness (QED) is 0.0959. The van der Waals surface area contributed by atoms with Crippen molar-refractivity contribution in [3.8, 4) is 5.75 Å². The number of hydrogen-bond acceptors (Lipinski definition) is 3. The molecule has 0 aliphatic carbocycles. The average molecular weight is 421 g/mol. The van der Waals surface area contributed by atoms with Gasteiger partial charge in [-0.25, -0.2) is 0 Å². The molecule has 0 saturated heterocycles. The number of esters is 1. The van der Waals surface area contributed by atoms with E-state index >= 15 is 0 Å². The Labute approximate surface area is 187 Å². The number of rotatable bonds is 15. The lowest BCUT2D eigenvalue weighted by Gasteiger charge is -2.07. The number of ketones is 1. The van der Waals surface area contributed by atoms with Crippen molar-refractivity contribution >= 4 is 11.8 Å². The second-order valence-electron chi connectivity index (χ2n) is 7.13. The molecule has 0 unspecified atom stereocenters. The third-order valence-electron chi connectivity index (χ3n) is 4.40. The molecule has 0 fully saturated rings. The Morgan fingerprint density at radius 1 is 0.774 bits per heavy atom. The number of carbonyl (C=O) groups excluding carboxylic acids is 2. The Morgan fingerprint density at radius 3 is 1.84 bits per heavy atom. The SMILES string of the molecule is CC/C=C\C/C=C\C/C=C\C/C=C\C/C=C\CCCC(=O)Oc1ccccc1C(C)=O. The van der Waals surface area contributed by atoms with Crippen molar-refractivity contribution in [2.75, 3.05) is 0 Å². The summed E-state index contributed by atoms with van der Waals surface area (Å²) in [6, 6.07) is 6.83. The number of Topliss-reactive ketones (excluding diaryl/α,β-unsaturated/α-hetero) is 1. The van der Waals surface area contributed by atoms with Gasteiger partial charge >= 0.3 is 5.97 Å². The predicted octanol–water partition coefficient (Wildman–Crippen LogP) is 7.72. The van der Waals surface area contributed by atoms with E-state index in [9.17, 15) is 9.59 Å². The highest BCUT2D eigenvalue weighted by molar-refractivity contribution is 5.97. The molecule has 3 nitrogen and oxygen atoms in total. The second kappa shape index (κ2) is 17.9. The van der Waals surface area contributed by atoms with Gasteiger partial charge in [-0.15, -0.1) is 0 Å². The summed E-state index contributed by atoms with van der Waals surface area (Å²) >= 11 is 0. The van der Waals surface area contributed by atoms with Crippen LogP contribution in [0.15, 0.2) is 85.0 Å². The monoisotopic (exact) mass is 420 g/mol. The maximum absolute atomic E-state index is 12.0. The summed E-state index contributed by atoms with van der Waals surface area (Å²) < 4.78 is 5.33.